The van der Waals surface area contributed by atoms with Crippen molar-refractivity contribution < 1.29 is 14.0 Å². The molecule has 0 amide bonds. The molecule has 0 saturated carbocycles. The van der Waals surface area contributed by atoms with Crippen molar-refractivity contribution in [2.75, 3.05) is 10.2 Å². The fourth-order valence-corrected chi connectivity index (χ4v) is 4.00. The molecule has 0 bridgehead atoms. The average molecular weight is 487 g/mol. The molecule has 4 N–H and O–H groups in total. The van der Waals surface area contributed by atoms with Crippen molar-refractivity contribution in [2.24, 2.45) is 0 Å². The molecule has 5 nitrogen and oxygen atoms in total. The minimum absolute atomic E-state index is 0.157. The first-order chi connectivity index (χ1) is 16.9. The maximum atomic E-state index is 15.2. The first-order valence-corrected chi connectivity index (χ1v) is 11.2. The van der Waals surface area contributed by atoms with Crippen molar-refractivity contribution in [3.05, 3.63) is 107 Å². The highest BCUT2D eigenvalue weighted by molar-refractivity contribution is 8.00. The van der Waals surface area contributed by atoms with Crippen LogP contribution in [0.3, 0.4) is 0 Å². The molecule has 4 aromatic rings. The second-order valence-corrected chi connectivity index (χ2v) is 8.61. The lowest BCUT2D eigenvalue weighted by Gasteiger charge is -2.17. The Bertz CT molecular complexity index is 1460. The maximum absolute atomic E-state index is 15.2. The molecule has 0 saturated heterocycles. The van der Waals surface area contributed by atoms with E-state index in [4.69, 9.17) is 11.1 Å². The number of aromatic nitrogens is 1. The summed E-state index contributed by atoms with van der Waals surface area (Å²) in [6, 6.07) is 19.1. The van der Waals surface area contributed by atoms with Crippen LogP contribution in [-0.2, 0) is 0 Å². The van der Waals surface area contributed by atoms with E-state index in [2.05, 4.69) is 16.8 Å². The predicted octanol–water partition coefficient (Wildman–Crippen LogP) is 6.22. The topological polar surface area (TPSA) is 86.2 Å². The van der Waals surface area contributed by atoms with E-state index in [1.54, 1.807) is 6.07 Å². The van der Waals surface area contributed by atoms with E-state index >= 15 is 4.39 Å². The number of aryl methyl sites for hydroxylation is 1. The zero-order valence-corrected chi connectivity index (χ0v) is 19.4. The van der Waals surface area contributed by atoms with Gasteiger partial charge in [-0.05, 0) is 48.4 Å². The van der Waals surface area contributed by atoms with Gasteiger partial charge < -0.3 is 11.1 Å². The smallest absolute Gasteiger partial charge is 0.168 e. The Balaban J connectivity index is 1.60. The molecule has 0 spiro atoms. The van der Waals surface area contributed by atoms with Crippen molar-refractivity contribution >= 4 is 29.7 Å². The number of hydrogen-bond acceptors (Lipinski definition) is 6. The summed E-state index contributed by atoms with van der Waals surface area (Å²) in [5.74, 6) is 3.38. The van der Waals surface area contributed by atoms with E-state index in [1.165, 1.54) is 12.3 Å². The van der Waals surface area contributed by atoms with Crippen molar-refractivity contribution in [2.45, 2.75) is 11.8 Å². The highest BCUT2D eigenvalue weighted by atomic mass is 32.2. The summed E-state index contributed by atoms with van der Waals surface area (Å²) in [4.78, 5) is 4.58. The Morgan fingerprint density at radius 1 is 1.03 bits per heavy atom. The van der Waals surface area contributed by atoms with Gasteiger partial charge in [-0.15, -0.1) is 0 Å². The number of nitrogens with zero attached hydrogens (tertiary/aromatic N) is 2. The summed E-state index contributed by atoms with van der Waals surface area (Å²) in [7, 11) is 0. The minimum atomic E-state index is -1.00. The fourth-order valence-electron chi connectivity index (χ4n) is 3.24. The van der Waals surface area contributed by atoms with Crippen LogP contribution in [0.25, 0.3) is 11.1 Å². The molecule has 35 heavy (non-hydrogen) atoms. The van der Waals surface area contributed by atoms with Gasteiger partial charge in [-0.3, -0.25) is 5.21 Å². The van der Waals surface area contributed by atoms with E-state index in [-0.39, 0.29) is 11.5 Å². The molecule has 3 aromatic carbocycles. The fraction of sp³-hybridized carbons (Fsp3) is 0.0370. The Morgan fingerprint density at radius 3 is 2.54 bits per heavy atom. The average Bonchev–Trinajstić information content (AvgIpc) is 2.85. The molecule has 1 heterocycles. The number of hydrogen-bond donors (Lipinski definition) is 3. The molecule has 174 valence electrons. The van der Waals surface area contributed by atoms with Gasteiger partial charge >= 0.3 is 0 Å². The van der Waals surface area contributed by atoms with Gasteiger partial charge in [0.2, 0.25) is 0 Å². The number of benzene rings is 3. The van der Waals surface area contributed by atoms with E-state index in [1.807, 2.05) is 49.4 Å². The Kier molecular flexibility index (Phi) is 7.11. The zero-order valence-electron chi connectivity index (χ0n) is 18.6. The molecule has 4 rings (SSSR count). The molecule has 0 unspecified atom stereocenters. The van der Waals surface area contributed by atoms with Gasteiger partial charge in [0.25, 0.3) is 0 Å². The summed E-state index contributed by atoms with van der Waals surface area (Å²) in [6.45, 7) is 2.01. The van der Waals surface area contributed by atoms with Gasteiger partial charge in [0.05, 0.1) is 5.56 Å². The Labute approximate surface area is 205 Å². The number of nitrogens with two attached hydrogens (primary N) is 1. The number of nitrogens with one attached hydrogen (secondary N) is 1. The quantitative estimate of drug-likeness (QED) is 0.135. The lowest BCUT2D eigenvalue weighted by atomic mass is 10.0. The SMILES string of the molecule is Cc1ccc(-c2cccc(SN(O)c3ccc(F)c(C#Cc4cnc(N)c(C=N)c4)c3F)c2)cc1. The highest BCUT2D eigenvalue weighted by Gasteiger charge is 2.18. The van der Waals surface area contributed by atoms with Crippen LogP contribution < -0.4 is 10.2 Å². The van der Waals surface area contributed by atoms with E-state index in [9.17, 15) is 9.60 Å². The van der Waals surface area contributed by atoms with Gasteiger partial charge in [0.15, 0.2) is 5.82 Å². The monoisotopic (exact) mass is 486 g/mol. The summed E-state index contributed by atoms with van der Waals surface area (Å²) in [5, 5.41) is 17.9. The number of nitrogen functional groups attached to an aromatic ring is 1. The van der Waals surface area contributed by atoms with E-state index < -0.39 is 17.2 Å². The summed E-state index contributed by atoms with van der Waals surface area (Å²) < 4.78 is 30.2. The predicted molar refractivity (Wildman–Crippen MR) is 136 cm³/mol. The lowest BCUT2D eigenvalue weighted by Crippen LogP contribution is -2.11. The summed E-state index contributed by atoms with van der Waals surface area (Å²) >= 11 is 0.888. The van der Waals surface area contributed by atoms with Crippen LogP contribution in [0.4, 0.5) is 20.3 Å². The van der Waals surface area contributed by atoms with Crippen molar-refractivity contribution in [1.29, 1.82) is 5.41 Å². The normalized spacial score (nSPS) is 10.4. The number of pyridine rings is 1. The largest absolute Gasteiger partial charge is 0.383 e. The van der Waals surface area contributed by atoms with Crippen LogP contribution in [0, 0.1) is 35.8 Å². The Morgan fingerprint density at radius 2 is 1.80 bits per heavy atom. The maximum Gasteiger partial charge on any atom is 0.168 e. The standard InChI is InChI=1S/C27H20F2N4OS/c1-17-5-8-19(9-6-17)20-3-2-4-22(14-20)35-33(34)25-12-11-24(28)23(26(25)29)10-7-18-13-21(15-30)27(31)32-16-18/h2-6,8-9,11-16,30,34H,1H3,(H2,31,32). The molecular formula is C27H20F2N4OS. The van der Waals surface area contributed by atoms with Crippen LogP contribution in [0.1, 0.15) is 22.3 Å². The molecule has 0 atom stereocenters. The van der Waals surface area contributed by atoms with Crippen LogP contribution in [0.15, 0.2) is 77.8 Å². The van der Waals surface area contributed by atoms with E-state index in [0.29, 0.717) is 20.5 Å². The molecule has 0 radical (unpaired) electrons. The molecule has 0 aliphatic carbocycles. The molecule has 1 aromatic heterocycles. The first kappa shape index (κ1) is 24.0. The number of rotatable bonds is 5. The number of anilines is 2. The summed E-state index contributed by atoms with van der Waals surface area (Å²) in [5.41, 5.74) is 8.70. The minimum Gasteiger partial charge on any atom is -0.383 e. The lowest BCUT2D eigenvalue weighted by molar-refractivity contribution is 0.327. The zero-order chi connectivity index (χ0) is 24.9. The van der Waals surface area contributed by atoms with Gasteiger partial charge in [-0.2, -0.15) is 4.47 Å². The van der Waals surface area contributed by atoms with Gasteiger partial charge in [0, 0.05) is 40.4 Å². The van der Waals surface area contributed by atoms with Crippen molar-refractivity contribution in [1.82, 2.24) is 4.98 Å². The third-order valence-corrected chi connectivity index (χ3v) is 5.96. The van der Waals surface area contributed by atoms with Crippen LogP contribution in [0.2, 0.25) is 0 Å². The first-order valence-electron chi connectivity index (χ1n) is 10.5. The van der Waals surface area contributed by atoms with Crippen molar-refractivity contribution in [3.63, 3.8) is 0 Å². The molecule has 0 aliphatic rings. The van der Waals surface area contributed by atoms with Crippen molar-refractivity contribution in [3.8, 4) is 23.0 Å². The number of halogens is 2. The third kappa shape index (κ3) is 5.49. The van der Waals surface area contributed by atoms with Crippen LogP contribution in [0.5, 0.6) is 0 Å². The van der Waals surface area contributed by atoms with Crippen LogP contribution >= 0.6 is 11.9 Å². The molecule has 0 fully saturated rings. The van der Waals surface area contributed by atoms with E-state index in [0.717, 1.165) is 47.0 Å². The molecule has 8 heteroatoms. The van der Waals surface area contributed by atoms with Crippen LogP contribution in [-0.4, -0.2) is 16.4 Å². The van der Waals surface area contributed by atoms with Gasteiger partial charge in [-0.25, -0.2) is 13.8 Å². The second kappa shape index (κ2) is 10.4. The second-order valence-electron chi connectivity index (χ2n) is 7.61. The molecular weight excluding hydrogens is 466 g/mol. The third-order valence-electron chi connectivity index (χ3n) is 5.12. The van der Waals surface area contributed by atoms with Gasteiger partial charge in [-0.1, -0.05) is 53.8 Å². The Hall–Kier alpha value is -4.19. The highest BCUT2D eigenvalue weighted by Crippen LogP contribution is 2.33. The molecule has 0 aliphatic heterocycles. The summed E-state index contributed by atoms with van der Waals surface area (Å²) in [6.07, 6.45) is 2.37. The van der Waals surface area contributed by atoms with Gasteiger partial charge in [0.1, 0.15) is 17.3 Å².